The highest BCUT2D eigenvalue weighted by molar-refractivity contribution is 7.92. The Labute approximate surface area is 204 Å². The Morgan fingerprint density at radius 1 is 1.14 bits per heavy atom. The topological polar surface area (TPSA) is 84.9 Å². The quantitative estimate of drug-likeness (QED) is 0.507. The Morgan fingerprint density at radius 3 is 2.51 bits per heavy atom. The second-order valence-electron chi connectivity index (χ2n) is 7.54. The number of nitrogens with one attached hydrogen (secondary N) is 1. The van der Waals surface area contributed by atoms with Gasteiger partial charge in [-0.1, -0.05) is 17.7 Å². The summed E-state index contributed by atoms with van der Waals surface area (Å²) in [6, 6.07) is 9.76. The zero-order valence-corrected chi connectivity index (χ0v) is 19.7. The summed E-state index contributed by atoms with van der Waals surface area (Å²) in [5.74, 6) is -3.65. The van der Waals surface area contributed by atoms with Gasteiger partial charge in [-0.05, 0) is 42.5 Å². The van der Waals surface area contributed by atoms with Gasteiger partial charge in [0.2, 0.25) is 0 Å². The first-order valence-electron chi connectivity index (χ1n) is 10.1. The molecule has 1 atom stereocenters. The van der Waals surface area contributed by atoms with Crippen molar-refractivity contribution in [1.82, 2.24) is 0 Å². The molecule has 1 amide bonds. The van der Waals surface area contributed by atoms with Gasteiger partial charge in [-0.2, -0.15) is 0 Å². The number of hydrogen-bond acceptors (Lipinski definition) is 5. The van der Waals surface area contributed by atoms with Crippen LogP contribution in [-0.4, -0.2) is 40.7 Å². The van der Waals surface area contributed by atoms with E-state index in [1.54, 1.807) is 0 Å². The Balaban J connectivity index is 1.77. The van der Waals surface area contributed by atoms with E-state index in [-0.39, 0.29) is 34.5 Å². The fraction of sp³-hybridized carbons (Fsp3) is 0.174. The molecular weight excluding hydrogens is 509 g/mol. The zero-order valence-electron chi connectivity index (χ0n) is 18.1. The summed E-state index contributed by atoms with van der Waals surface area (Å²) in [6.45, 7) is -0.209. The maximum atomic E-state index is 14.9. The van der Waals surface area contributed by atoms with Crippen LogP contribution in [-0.2, 0) is 14.8 Å². The highest BCUT2D eigenvalue weighted by atomic mass is 35.5. The first-order chi connectivity index (χ1) is 16.6. The highest BCUT2D eigenvalue weighted by Crippen LogP contribution is 2.40. The van der Waals surface area contributed by atoms with E-state index in [4.69, 9.17) is 21.1 Å². The molecule has 184 valence electrons. The lowest BCUT2D eigenvalue weighted by Crippen LogP contribution is -2.45. The summed E-state index contributed by atoms with van der Waals surface area (Å²) in [4.78, 5) is 12.4. The number of halogens is 4. The Kier molecular flexibility index (Phi) is 6.93. The van der Waals surface area contributed by atoms with Crippen molar-refractivity contribution < 1.29 is 35.9 Å². The lowest BCUT2D eigenvalue weighted by Gasteiger charge is -2.35. The number of rotatable bonds is 6. The van der Waals surface area contributed by atoms with Crippen molar-refractivity contribution in [1.29, 1.82) is 0 Å². The van der Waals surface area contributed by atoms with Gasteiger partial charge < -0.3 is 14.8 Å². The maximum absolute atomic E-state index is 14.9. The van der Waals surface area contributed by atoms with Gasteiger partial charge in [-0.15, -0.1) is 0 Å². The van der Waals surface area contributed by atoms with Gasteiger partial charge in [0.05, 0.1) is 40.0 Å². The summed E-state index contributed by atoms with van der Waals surface area (Å²) in [6.07, 6.45) is -0.778. The van der Waals surface area contributed by atoms with E-state index in [2.05, 4.69) is 5.32 Å². The molecular formula is C23H18ClF3N2O5S. The molecule has 1 aliphatic rings. The monoisotopic (exact) mass is 526 g/mol. The van der Waals surface area contributed by atoms with Crippen LogP contribution in [0.3, 0.4) is 0 Å². The van der Waals surface area contributed by atoms with Crippen LogP contribution in [0.2, 0.25) is 5.02 Å². The van der Waals surface area contributed by atoms with Crippen LogP contribution < -0.4 is 14.4 Å². The molecule has 1 aliphatic heterocycles. The molecule has 0 spiro atoms. The van der Waals surface area contributed by atoms with E-state index in [1.807, 2.05) is 0 Å². The van der Waals surface area contributed by atoms with Gasteiger partial charge in [0, 0.05) is 13.2 Å². The molecule has 4 rings (SSSR count). The number of ether oxygens (including phenoxy) is 2. The van der Waals surface area contributed by atoms with Gasteiger partial charge in [0.15, 0.2) is 5.82 Å². The third kappa shape index (κ3) is 4.93. The number of nitrogens with zero attached hydrogens (tertiary/aromatic N) is 1. The van der Waals surface area contributed by atoms with Crippen LogP contribution in [0.1, 0.15) is 10.4 Å². The number of anilines is 2. The highest BCUT2D eigenvalue weighted by Gasteiger charge is 2.36. The minimum atomic E-state index is -4.25. The fourth-order valence-electron chi connectivity index (χ4n) is 3.56. The summed E-state index contributed by atoms with van der Waals surface area (Å²) >= 11 is 5.91. The molecule has 0 saturated carbocycles. The molecule has 0 aromatic heterocycles. The minimum Gasteiger partial charge on any atom is -0.484 e. The Hall–Kier alpha value is -3.28. The molecule has 3 aromatic carbocycles. The van der Waals surface area contributed by atoms with Crippen LogP contribution in [0.15, 0.2) is 59.5 Å². The Morgan fingerprint density at radius 2 is 1.86 bits per heavy atom. The summed E-state index contributed by atoms with van der Waals surface area (Å²) in [5.41, 5.74) is -1.02. The van der Waals surface area contributed by atoms with Crippen LogP contribution in [0.25, 0.3) is 0 Å². The van der Waals surface area contributed by atoms with Crippen LogP contribution >= 0.6 is 11.6 Å². The smallest absolute Gasteiger partial charge is 0.264 e. The van der Waals surface area contributed by atoms with Crippen molar-refractivity contribution in [3.63, 3.8) is 0 Å². The number of sulfonamides is 1. The molecule has 0 bridgehead atoms. The summed E-state index contributed by atoms with van der Waals surface area (Å²) in [7, 11) is -2.86. The van der Waals surface area contributed by atoms with E-state index in [1.165, 1.54) is 19.2 Å². The second-order valence-corrected chi connectivity index (χ2v) is 9.81. The fourth-order valence-corrected chi connectivity index (χ4v) is 5.31. The average molecular weight is 527 g/mol. The minimum absolute atomic E-state index is 0.000761. The summed E-state index contributed by atoms with van der Waals surface area (Å²) in [5, 5.41) is 2.04. The molecule has 1 unspecified atom stereocenters. The van der Waals surface area contributed by atoms with Crippen LogP contribution in [0, 0.1) is 17.5 Å². The molecule has 12 heteroatoms. The molecule has 0 radical (unpaired) electrons. The van der Waals surface area contributed by atoms with Crippen molar-refractivity contribution in [2.45, 2.75) is 11.0 Å². The zero-order chi connectivity index (χ0) is 25.3. The molecule has 0 aliphatic carbocycles. The molecule has 0 fully saturated rings. The van der Waals surface area contributed by atoms with Gasteiger partial charge in [0.1, 0.15) is 23.5 Å². The average Bonchev–Trinajstić information content (AvgIpc) is 2.79. The van der Waals surface area contributed by atoms with E-state index in [0.717, 1.165) is 46.8 Å². The van der Waals surface area contributed by atoms with Crippen molar-refractivity contribution in [2.75, 3.05) is 29.9 Å². The van der Waals surface area contributed by atoms with Crippen LogP contribution in [0.4, 0.5) is 24.5 Å². The number of carbonyl (C=O) groups excluding carboxylic acids is 1. The van der Waals surface area contributed by atoms with E-state index < -0.39 is 50.7 Å². The van der Waals surface area contributed by atoms with E-state index in [0.29, 0.717) is 0 Å². The molecule has 0 saturated heterocycles. The first kappa shape index (κ1) is 24.8. The Bertz CT molecular complexity index is 1370. The number of benzene rings is 3. The first-order valence-corrected chi connectivity index (χ1v) is 12.0. The predicted octanol–water partition coefficient (Wildman–Crippen LogP) is 4.61. The SMILES string of the molecule is COCC1CN(S(=O)(=O)c2ccc(F)cc2)c2cc(NC(=O)c3c(F)cccc3Cl)c(F)cc2O1. The predicted molar refractivity (Wildman–Crippen MR) is 123 cm³/mol. The van der Waals surface area contributed by atoms with Gasteiger partial charge in [0.25, 0.3) is 15.9 Å². The van der Waals surface area contributed by atoms with Gasteiger partial charge in [-0.3, -0.25) is 9.10 Å². The number of methoxy groups -OCH3 is 1. The van der Waals surface area contributed by atoms with Crippen molar-refractivity contribution in [3.8, 4) is 5.75 Å². The van der Waals surface area contributed by atoms with Crippen molar-refractivity contribution in [3.05, 3.63) is 82.6 Å². The lowest BCUT2D eigenvalue weighted by atomic mass is 10.1. The van der Waals surface area contributed by atoms with E-state index >= 15 is 0 Å². The summed E-state index contributed by atoms with van der Waals surface area (Å²) < 4.78 is 80.9. The van der Waals surface area contributed by atoms with Gasteiger partial charge >= 0.3 is 0 Å². The van der Waals surface area contributed by atoms with Crippen molar-refractivity contribution >= 4 is 38.9 Å². The molecule has 1 heterocycles. The van der Waals surface area contributed by atoms with Crippen molar-refractivity contribution in [2.24, 2.45) is 0 Å². The number of hydrogen-bond donors (Lipinski definition) is 1. The standard InChI is InChI=1S/C23H18ClF3N2O5S/c1-33-12-14-11-29(35(31,32)15-7-5-13(25)6-8-15)20-10-19(18(27)9-21(20)34-14)28-23(30)22-16(24)3-2-4-17(22)26/h2-10,14H,11-12H2,1H3,(H,28,30). The molecule has 7 nitrogen and oxygen atoms in total. The lowest BCUT2D eigenvalue weighted by molar-refractivity contribution is 0.0818. The molecule has 3 aromatic rings. The van der Waals surface area contributed by atoms with Gasteiger partial charge in [-0.25, -0.2) is 21.6 Å². The van der Waals surface area contributed by atoms with Crippen LogP contribution in [0.5, 0.6) is 5.75 Å². The van der Waals surface area contributed by atoms with E-state index in [9.17, 15) is 26.4 Å². The normalized spacial score (nSPS) is 15.3. The number of carbonyl (C=O) groups is 1. The third-order valence-corrected chi connectivity index (χ3v) is 7.28. The number of fused-ring (bicyclic) bond motifs is 1. The number of amides is 1. The molecule has 35 heavy (non-hydrogen) atoms. The molecule has 1 N–H and O–H groups in total. The second kappa shape index (κ2) is 9.76. The maximum Gasteiger partial charge on any atom is 0.264 e. The largest absolute Gasteiger partial charge is 0.484 e. The third-order valence-electron chi connectivity index (χ3n) is 5.17.